The van der Waals surface area contributed by atoms with Crippen LogP contribution in [0, 0.1) is 13.8 Å². The van der Waals surface area contributed by atoms with E-state index < -0.39 is 0 Å². The Labute approximate surface area is 126 Å². The molecule has 0 bridgehead atoms. The van der Waals surface area contributed by atoms with Crippen molar-refractivity contribution in [3.63, 3.8) is 0 Å². The molecule has 2 N–H and O–H groups in total. The van der Waals surface area contributed by atoms with E-state index in [1.165, 1.54) is 13.2 Å². The number of fused-ring (bicyclic) bond motifs is 1. The summed E-state index contributed by atoms with van der Waals surface area (Å²) in [6, 6.07) is 6.61. The summed E-state index contributed by atoms with van der Waals surface area (Å²) in [6.45, 7) is 3.72. The zero-order chi connectivity index (χ0) is 15.9. The molecule has 112 valence electrons. The van der Waals surface area contributed by atoms with Crippen LogP contribution in [0.1, 0.15) is 11.3 Å². The van der Waals surface area contributed by atoms with Crippen LogP contribution in [0.15, 0.2) is 29.1 Å². The quantitative estimate of drug-likeness (QED) is 0.758. The van der Waals surface area contributed by atoms with E-state index in [-0.39, 0.29) is 11.3 Å². The molecule has 0 saturated carbocycles. The molecule has 0 atom stereocenters. The molecule has 22 heavy (non-hydrogen) atoms. The van der Waals surface area contributed by atoms with Crippen LogP contribution in [-0.4, -0.2) is 27.2 Å². The molecule has 0 spiro atoms. The molecular weight excluding hydrogens is 282 g/mol. The summed E-state index contributed by atoms with van der Waals surface area (Å²) >= 11 is 0. The molecule has 0 radical (unpaired) electrons. The molecule has 0 aliphatic carbocycles. The largest absolute Gasteiger partial charge is 0.504 e. The van der Waals surface area contributed by atoms with Crippen molar-refractivity contribution in [1.29, 1.82) is 0 Å². The number of aromatic amines is 1. The molecule has 0 amide bonds. The van der Waals surface area contributed by atoms with Crippen LogP contribution in [0.5, 0.6) is 11.5 Å². The lowest BCUT2D eigenvalue weighted by Gasteiger charge is -2.08. The molecule has 0 aliphatic rings. The number of rotatable bonds is 2. The summed E-state index contributed by atoms with van der Waals surface area (Å²) in [6.07, 6.45) is 0. The number of nitrogens with one attached hydrogen (secondary N) is 1. The lowest BCUT2D eigenvalue weighted by molar-refractivity contribution is 0.373. The van der Waals surface area contributed by atoms with Gasteiger partial charge in [0.25, 0.3) is 5.56 Å². The van der Waals surface area contributed by atoms with Crippen LogP contribution in [0.25, 0.3) is 22.4 Å². The standard InChI is InChI=1S/C16H15N3O3/c1-8-6-9(2)17-15-13(8)16(21)19-14(18-15)10-4-5-11(20)12(7-10)22-3/h4-7,20H,1-3H3,(H,17,18,19,21). The average molecular weight is 297 g/mol. The van der Waals surface area contributed by atoms with Crippen molar-refractivity contribution in [2.75, 3.05) is 7.11 Å². The number of methoxy groups -OCH3 is 1. The fourth-order valence-electron chi connectivity index (χ4n) is 2.44. The van der Waals surface area contributed by atoms with Gasteiger partial charge in [0.15, 0.2) is 17.1 Å². The predicted octanol–water partition coefficient (Wildman–Crippen LogP) is 2.32. The van der Waals surface area contributed by atoms with Crippen LogP contribution in [0.4, 0.5) is 0 Å². The first kappa shape index (κ1) is 14.1. The third-order valence-electron chi connectivity index (χ3n) is 3.46. The smallest absolute Gasteiger partial charge is 0.260 e. The second-order valence-corrected chi connectivity index (χ2v) is 5.08. The van der Waals surface area contributed by atoms with Gasteiger partial charge in [-0.1, -0.05) is 0 Å². The normalized spacial score (nSPS) is 10.9. The highest BCUT2D eigenvalue weighted by molar-refractivity contribution is 5.79. The second-order valence-electron chi connectivity index (χ2n) is 5.08. The summed E-state index contributed by atoms with van der Waals surface area (Å²) in [5.74, 6) is 0.723. The number of nitrogens with zero attached hydrogens (tertiary/aromatic N) is 2. The van der Waals surface area contributed by atoms with E-state index in [0.717, 1.165) is 11.3 Å². The number of benzene rings is 1. The van der Waals surface area contributed by atoms with Crippen molar-refractivity contribution in [3.8, 4) is 22.9 Å². The first-order valence-corrected chi connectivity index (χ1v) is 6.75. The molecule has 6 nitrogen and oxygen atoms in total. The van der Waals surface area contributed by atoms with Gasteiger partial charge in [0.2, 0.25) is 0 Å². The number of hydrogen-bond donors (Lipinski definition) is 2. The Morgan fingerprint density at radius 3 is 2.68 bits per heavy atom. The maximum absolute atomic E-state index is 12.3. The average Bonchev–Trinajstić information content (AvgIpc) is 2.46. The first-order chi connectivity index (χ1) is 10.5. The molecule has 2 aromatic heterocycles. The molecule has 0 aliphatic heterocycles. The zero-order valence-corrected chi connectivity index (χ0v) is 12.5. The number of ether oxygens (including phenoxy) is 1. The molecule has 3 rings (SSSR count). The van der Waals surface area contributed by atoms with Crippen LogP contribution in [0.2, 0.25) is 0 Å². The fourth-order valence-corrected chi connectivity index (χ4v) is 2.44. The second kappa shape index (κ2) is 5.14. The van der Waals surface area contributed by atoms with Crippen molar-refractivity contribution < 1.29 is 9.84 Å². The Morgan fingerprint density at radius 2 is 1.95 bits per heavy atom. The van der Waals surface area contributed by atoms with Gasteiger partial charge in [0.1, 0.15) is 5.82 Å². The highest BCUT2D eigenvalue weighted by Crippen LogP contribution is 2.30. The topological polar surface area (TPSA) is 88.1 Å². The van der Waals surface area contributed by atoms with E-state index in [1.807, 2.05) is 19.9 Å². The highest BCUT2D eigenvalue weighted by Gasteiger charge is 2.11. The maximum Gasteiger partial charge on any atom is 0.260 e. The number of aryl methyl sites for hydroxylation is 2. The zero-order valence-electron chi connectivity index (χ0n) is 12.5. The molecule has 6 heteroatoms. The summed E-state index contributed by atoms with van der Waals surface area (Å²) in [4.78, 5) is 23.8. The Hall–Kier alpha value is -2.89. The van der Waals surface area contributed by atoms with Gasteiger partial charge in [-0.25, -0.2) is 9.97 Å². The van der Waals surface area contributed by atoms with Gasteiger partial charge in [-0.3, -0.25) is 4.79 Å². The van der Waals surface area contributed by atoms with Crippen molar-refractivity contribution in [2.24, 2.45) is 0 Å². The number of aromatic hydroxyl groups is 1. The molecule has 0 fully saturated rings. The Kier molecular flexibility index (Phi) is 3.29. The van der Waals surface area contributed by atoms with Gasteiger partial charge < -0.3 is 14.8 Å². The first-order valence-electron chi connectivity index (χ1n) is 6.75. The van der Waals surface area contributed by atoms with E-state index in [9.17, 15) is 9.90 Å². The molecule has 3 aromatic rings. The lowest BCUT2D eigenvalue weighted by atomic mass is 10.1. The predicted molar refractivity (Wildman–Crippen MR) is 83.3 cm³/mol. The molecule has 2 heterocycles. The van der Waals surface area contributed by atoms with Gasteiger partial charge in [-0.05, 0) is 43.7 Å². The molecular formula is C16H15N3O3. The lowest BCUT2D eigenvalue weighted by Crippen LogP contribution is -2.12. The maximum atomic E-state index is 12.3. The number of phenolic OH excluding ortho intramolecular Hbond substituents is 1. The van der Waals surface area contributed by atoms with Crippen molar-refractivity contribution >= 4 is 11.0 Å². The summed E-state index contributed by atoms with van der Waals surface area (Å²) in [7, 11) is 1.46. The number of H-pyrrole nitrogens is 1. The Balaban J connectivity index is 2.26. The van der Waals surface area contributed by atoms with E-state index in [2.05, 4.69) is 15.0 Å². The van der Waals surface area contributed by atoms with Crippen molar-refractivity contribution in [1.82, 2.24) is 15.0 Å². The minimum absolute atomic E-state index is 0.0270. The van der Waals surface area contributed by atoms with Crippen molar-refractivity contribution in [2.45, 2.75) is 13.8 Å². The third kappa shape index (κ3) is 2.28. The van der Waals surface area contributed by atoms with Gasteiger partial charge in [-0.2, -0.15) is 0 Å². The summed E-state index contributed by atoms with van der Waals surface area (Å²) in [5.41, 5.74) is 2.44. The van der Waals surface area contributed by atoms with Gasteiger partial charge >= 0.3 is 0 Å². The Morgan fingerprint density at radius 1 is 1.18 bits per heavy atom. The number of phenols is 1. The minimum atomic E-state index is -0.239. The number of aromatic nitrogens is 3. The molecule has 1 aromatic carbocycles. The van der Waals surface area contributed by atoms with E-state index in [1.54, 1.807) is 12.1 Å². The van der Waals surface area contributed by atoms with Crippen LogP contribution in [0.3, 0.4) is 0 Å². The SMILES string of the molecule is COc1cc(-c2nc3nc(C)cc(C)c3c(=O)[nH]2)ccc1O. The minimum Gasteiger partial charge on any atom is -0.504 e. The highest BCUT2D eigenvalue weighted by atomic mass is 16.5. The van der Waals surface area contributed by atoms with E-state index in [4.69, 9.17) is 4.74 Å². The van der Waals surface area contributed by atoms with Gasteiger partial charge in [0.05, 0.1) is 12.5 Å². The van der Waals surface area contributed by atoms with Crippen molar-refractivity contribution in [3.05, 3.63) is 45.9 Å². The van der Waals surface area contributed by atoms with Crippen LogP contribution < -0.4 is 10.3 Å². The fraction of sp³-hybridized carbons (Fsp3) is 0.188. The number of hydrogen-bond acceptors (Lipinski definition) is 5. The molecule has 0 saturated heterocycles. The van der Waals surface area contributed by atoms with Crippen LogP contribution >= 0.6 is 0 Å². The number of pyridine rings is 1. The third-order valence-corrected chi connectivity index (χ3v) is 3.46. The Bertz CT molecular complexity index is 932. The van der Waals surface area contributed by atoms with Gasteiger partial charge in [0, 0.05) is 11.3 Å². The van der Waals surface area contributed by atoms with Crippen LogP contribution in [-0.2, 0) is 0 Å². The van der Waals surface area contributed by atoms with E-state index >= 15 is 0 Å². The van der Waals surface area contributed by atoms with E-state index in [0.29, 0.717) is 28.2 Å². The summed E-state index contributed by atoms with van der Waals surface area (Å²) < 4.78 is 5.08. The summed E-state index contributed by atoms with van der Waals surface area (Å²) in [5, 5.41) is 10.1. The van der Waals surface area contributed by atoms with Gasteiger partial charge in [-0.15, -0.1) is 0 Å². The molecule has 0 unspecified atom stereocenters. The monoisotopic (exact) mass is 297 g/mol.